The Morgan fingerprint density at radius 2 is 0.545 bits per heavy atom. The van der Waals surface area contributed by atoms with E-state index in [0.717, 1.165) is 0 Å². The fraction of sp³-hybridized carbons (Fsp3) is 0.377. The van der Waals surface area contributed by atoms with Crippen LogP contribution in [0.2, 0.25) is 0 Å². The van der Waals surface area contributed by atoms with Crippen molar-refractivity contribution in [1.29, 1.82) is 0 Å². The Bertz CT molecular complexity index is 3170. The lowest BCUT2D eigenvalue weighted by Gasteiger charge is -2.23. The van der Waals surface area contributed by atoms with Gasteiger partial charge in [0, 0.05) is 0 Å². The first-order valence-electron chi connectivity index (χ1n) is 28.6. The molecule has 0 atom stereocenters. The highest BCUT2D eigenvalue weighted by Gasteiger charge is 2.18. The molecule has 77 heavy (non-hydrogen) atoms. The second-order valence-corrected chi connectivity index (χ2v) is 25.1. The SMILES string of the molecule is CCCCc1ccc(-c2cc(C)c(C)c(C)c2)cc1.Cc1cc(-c2c(C)cc(C(C)(C)C)cc2C)cc(C)c1C.Cc1cc(-c2ccc(C(C)(C)C)cc2)cc(C)c1C.Cc1cc(C)c(-c2cc(C)c(C)c(C)c2)c(C)c1. The van der Waals surface area contributed by atoms with Gasteiger partial charge in [0.2, 0.25) is 0 Å². The maximum Gasteiger partial charge on any atom is -0.0125 e. The molecule has 0 aliphatic rings. The van der Waals surface area contributed by atoms with E-state index in [9.17, 15) is 0 Å². The van der Waals surface area contributed by atoms with Gasteiger partial charge in [-0.15, -0.1) is 0 Å². The topological polar surface area (TPSA) is 0 Å². The highest BCUT2D eigenvalue weighted by Crippen LogP contribution is 2.36. The number of unbranched alkanes of at least 4 members (excludes halogenated alkanes) is 1. The summed E-state index contributed by atoms with van der Waals surface area (Å²) in [7, 11) is 0. The summed E-state index contributed by atoms with van der Waals surface area (Å²) in [6, 6.07) is 45.7. The van der Waals surface area contributed by atoms with Gasteiger partial charge in [-0.25, -0.2) is 0 Å². The molecule has 8 aromatic carbocycles. The Kier molecular flexibility index (Phi) is 20.8. The molecule has 8 aromatic rings. The van der Waals surface area contributed by atoms with E-state index in [0.29, 0.717) is 0 Å². The third-order valence-electron chi connectivity index (χ3n) is 16.6. The number of rotatable bonds is 7. The quantitative estimate of drug-likeness (QED) is 0.149. The minimum Gasteiger partial charge on any atom is -0.0654 e. The van der Waals surface area contributed by atoms with E-state index >= 15 is 0 Å². The van der Waals surface area contributed by atoms with Crippen molar-refractivity contribution in [2.24, 2.45) is 0 Å². The van der Waals surface area contributed by atoms with Gasteiger partial charge in [-0.3, -0.25) is 0 Å². The van der Waals surface area contributed by atoms with Gasteiger partial charge in [-0.05, 0) is 292 Å². The standard InChI is InChI=1S/C21H28.2C19H24.C18H22/c1-13-9-18(10-14(2)17(13)5)20-15(3)11-19(12-16(20)4)21(6,7)8;1-13-11-17(12-14(2)15(13)3)16-7-9-18(10-8-16)19(4,5)6;1-5-6-7-17-8-10-18(11-9-17)19-12-14(2)16(4)15(3)13-19;1-11-7-14(4)18(15(5)8-11)17-9-12(2)16(6)13(3)10-17/h9-12H,1-8H3;7-12H,1-6H3;8-13H,5-7H2,1-4H3;7-10H,1-6H3. The molecule has 0 N–H and O–H groups in total. The van der Waals surface area contributed by atoms with Crippen LogP contribution < -0.4 is 0 Å². The average molecular weight is 1020 g/mol. The summed E-state index contributed by atoms with van der Waals surface area (Å²) < 4.78 is 0. The van der Waals surface area contributed by atoms with Crippen molar-refractivity contribution in [3.05, 3.63) is 233 Å². The summed E-state index contributed by atoms with van der Waals surface area (Å²) in [6.07, 6.45) is 3.74. The zero-order chi connectivity index (χ0) is 57.4. The van der Waals surface area contributed by atoms with Gasteiger partial charge >= 0.3 is 0 Å². The van der Waals surface area contributed by atoms with Crippen molar-refractivity contribution in [1.82, 2.24) is 0 Å². The first-order valence-corrected chi connectivity index (χ1v) is 28.6. The van der Waals surface area contributed by atoms with Gasteiger partial charge < -0.3 is 0 Å². The van der Waals surface area contributed by atoms with Crippen molar-refractivity contribution < 1.29 is 0 Å². The van der Waals surface area contributed by atoms with E-state index < -0.39 is 0 Å². The Hall–Kier alpha value is -6.24. The van der Waals surface area contributed by atoms with Crippen molar-refractivity contribution in [3.63, 3.8) is 0 Å². The molecule has 0 amide bonds. The summed E-state index contributed by atoms with van der Waals surface area (Å²) >= 11 is 0. The minimum atomic E-state index is 0.202. The van der Waals surface area contributed by atoms with E-state index in [4.69, 9.17) is 0 Å². The molecule has 0 bridgehead atoms. The molecule has 0 heterocycles. The lowest BCUT2D eigenvalue weighted by Crippen LogP contribution is -2.12. The number of hydrogen-bond donors (Lipinski definition) is 0. The highest BCUT2D eigenvalue weighted by atomic mass is 14.2. The van der Waals surface area contributed by atoms with Gasteiger partial charge in [0.1, 0.15) is 0 Å². The van der Waals surface area contributed by atoms with E-state index in [1.165, 1.54) is 175 Å². The first-order chi connectivity index (χ1) is 35.9. The van der Waals surface area contributed by atoms with Crippen molar-refractivity contribution >= 4 is 0 Å². The van der Waals surface area contributed by atoms with Crippen LogP contribution in [0.25, 0.3) is 44.5 Å². The molecule has 406 valence electrons. The Morgan fingerprint density at radius 3 is 0.831 bits per heavy atom. The second kappa shape index (κ2) is 25.9. The van der Waals surface area contributed by atoms with Crippen molar-refractivity contribution in [3.8, 4) is 44.5 Å². The highest BCUT2D eigenvalue weighted by molar-refractivity contribution is 5.75. The normalized spacial score (nSPS) is 11.3. The van der Waals surface area contributed by atoms with E-state index in [2.05, 4.69) is 287 Å². The largest absolute Gasteiger partial charge is 0.0654 e. The van der Waals surface area contributed by atoms with Gasteiger partial charge in [0.25, 0.3) is 0 Å². The molecule has 0 unspecified atom stereocenters. The molecule has 0 aliphatic carbocycles. The summed E-state index contributed by atoms with van der Waals surface area (Å²) in [4.78, 5) is 0. The van der Waals surface area contributed by atoms with Crippen LogP contribution in [0, 0.1) is 118 Å². The Labute approximate surface area is 470 Å². The lowest BCUT2D eigenvalue weighted by molar-refractivity contribution is 0.589. The van der Waals surface area contributed by atoms with Crippen LogP contribution in [0.1, 0.15) is 173 Å². The molecule has 0 radical (unpaired) electrons. The molecule has 8 rings (SSSR count). The molecule has 0 fully saturated rings. The van der Waals surface area contributed by atoms with Crippen LogP contribution >= 0.6 is 0 Å². The number of aryl methyl sites for hydroxylation is 14. The maximum atomic E-state index is 2.35. The summed E-state index contributed by atoms with van der Waals surface area (Å²) in [5, 5.41) is 0. The first kappa shape index (κ1) is 61.6. The third-order valence-corrected chi connectivity index (χ3v) is 16.6. The fourth-order valence-corrected chi connectivity index (χ4v) is 10.7. The molecule has 0 nitrogen and oxygen atoms in total. The van der Waals surface area contributed by atoms with Crippen molar-refractivity contribution in [2.75, 3.05) is 0 Å². The Morgan fingerprint density at radius 1 is 0.273 bits per heavy atom. The zero-order valence-corrected chi connectivity index (χ0v) is 52.7. The molecule has 0 aromatic heterocycles. The van der Waals surface area contributed by atoms with Gasteiger partial charge in [-0.2, -0.15) is 0 Å². The van der Waals surface area contributed by atoms with Crippen LogP contribution in [-0.4, -0.2) is 0 Å². The molecule has 0 spiro atoms. The lowest BCUT2D eigenvalue weighted by atomic mass is 9.82. The summed E-state index contributed by atoms with van der Waals surface area (Å²) in [5.41, 5.74) is 38.9. The molecule has 0 heteroatoms. The Balaban J connectivity index is 0.000000190. The van der Waals surface area contributed by atoms with Gasteiger partial charge in [-0.1, -0.05) is 182 Å². The van der Waals surface area contributed by atoms with E-state index in [1.807, 2.05) is 0 Å². The smallest absolute Gasteiger partial charge is 0.0125 e. The monoisotopic (exact) mass is 1020 g/mol. The van der Waals surface area contributed by atoms with Crippen LogP contribution in [0.3, 0.4) is 0 Å². The maximum absolute atomic E-state index is 2.35. The summed E-state index contributed by atoms with van der Waals surface area (Å²) in [6.45, 7) is 53.3. The van der Waals surface area contributed by atoms with Crippen LogP contribution in [-0.2, 0) is 17.3 Å². The predicted molar refractivity (Wildman–Crippen MR) is 344 cm³/mol. The van der Waals surface area contributed by atoms with E-state index in [1.54, 1.807) is 0 Å². The molecule has 0 saturated heterocycles. The summed E-state index contributed by atoms with van der Waals surface area (Å²) in [5.74, 6) is 0. The van der Waals surface area contributed by atoms with E-state index in [-0.39, 0.29) is 10.8 Å². The minimum absolute atomic E-state index is 0.202. The van der Waals surface area contributed by atoms with Gasteiger partial charge in [0.15, 0.2) is 0 Å². The zero-order valence-electron chi connectivity index (χ0n) is 52.7. The predicted octanol–water partition coefficient (Wildman–Crippen LogP) is 22.6. The van der Waals surface area contributed by atoms with Crippen molar-refractivity contribution in [2.45, 2.75) is 196 Å². The fourth-order valence-electron chi connectivity index (χ4n) is 10.7. The van der Waals surface area contributed by atoms with Crippen LogP contribution in [0.15, 0.2) is 121 Å². The molecule has 0 saturated carbocycles. The molecular weight excluding hydrogens is 925 g/mol. The number of hydrogen-bond acceptors (Lipinski definition) is 0. The average Bonchev–Trinajstić information content (AvgIpc) is 3.34. The van der Waals surface area contributed by atoms with Crippen LogP contribution in [0.4, 0.5) is 0 Å². The molecular formula is C77H98. The van der Waals surface area contributed by atoms with Gasteiger partial charge in [0.05, 0.1) is 0 Å². The molecule has 0 aliphatic heterocycles. The second-order valence-electron chi connectivity index (χ2n) is 25.1. The number of benzene rings is 8. The third kappa shape index (κ3) is 15.9. The van der Waals surface area contributed by atoms with Crippen LogP contribution in [0.5, 0.6) is 0 Å².